The van der Waals surface area contributed by atoms with Crippen LogP contribution in [0.4, 0.5) is 22.7 Å². The maximum atomic E-state index is 11.1. The van der Waals surface area contributed by atoms with Crippen LogP contribution in [0.15, 0.2) is 47.6 Å². The Morgan fingerprint density at radius 1 is 1.04 bits per heavy atom. The van der Waals surface area contributed by atoms with Gasteiger partial charge in [-0.1, -0.05) is 12.1 Å². The van der Waals surface area contributed by atoms with Crippen molar-refractivity contribution in [2.45, 2.75) is 0 Å². The molecule has 0 aliphatic carbocycles. The van der Waals surface area contributed by atoms with Gasteiger partial charge in [0.2, 0.25) is 0 Å². The summed E-state index contributed by atoms with van der Waals surface area (Å²) in [6.45, 7) is 3.11. The van der Waals surface area contributed by atoms with Crippen molar-refractivity contribution in [1.82, 2.24) is 0 Å². The van der Waals surface area contributed by atoms with E-state index in [4.69, 9.17) is 4.74 Å². The normalized spacial score (nSPS) is 14.3. The summed E-state index contributed by atoms with van der Waals surface area (Å²) in [4.78, 5) is 22.7. The van der Waals surface area contributed by atoms with E-state index in [-0.39, 0.29) is 11.4 Å². The first kappa shape index (κ1) is 18.3. The fourth-order valence-electron chi connectivity index (χ4n) is 2.65. The largest absolute Gasteiger partial charge is 0.378 e. The number of morpholine rings is 1. The van der Waals surface area contributed by atoms with Gasteiger partial charge in [-0.15, -0.1) is 0 Å². The van der Waals surface area contributed by atoms with Gasteiger partial charge < -0.3 is 9.64 Å². The van der Waals surface area contributed by atoms with Crippen LogP contribution in [0.2, 0.25) is 0 Å². The van der Waals surface area contributed by atoms with Crippen LogP contribution >= 0.6 is 0 Å². The summed E-state index contributed by atoms with van der Waals surface area (Å²) in [6, 6.07) is 11.1. The lowest BCUT2D eigenvalue weighted by atomic mass is 10.2. The number of hydrogen-bond acceptors (Lipinski definition) is 8. The minimum Gasteiger partial charge on any atom is -0.378 e. The summed E-state index contributed by atoms with van der Waals surface area (Å²) in [5.41, 5.74) is 3.78. The number of nitro groups is 2. The molecule has 10 nitrogen and oxygen atoms in total. The molecule has 1 aliphatic rings. The Labute approximate surface area is 154 Å². The SMILES string of the molecule is O=[N+]([O-])c1ccc(N/N=C\c2ccc(N3CCOCC3)cc2)c([N+](=O)[O-])c1. The van der Waals surface area contributed by atoms with Crippen molar-refractivity contribution < 1.29 is 14.6 Å². The summed E-state index contributed by atoms with van der Waals surface area (Å²) in [6.07, 6.45) is 1.52. The molecule has 3 rings (SSSR count). The van der Waals surface area contributed by atoms with Crippen LogP contribution in [0, 0.1) is 20.2 Å². The molecule has 140 valence electrons. The Morgan fingerprint density at radius 2 is 1.74 bits per heavy atom. The molecule has 10 heteroatoms. The summed E-state index contributed by atoms with van der Waals surface area (Å²) in [7, 11) is 0. The van der Waals surface area contributed by atoms with Gasteiger partial charge in [0, 0.05) is 24.8 Å². The Hall–Kier alpha value is -3.53. The number of rotatable bonds is 6. The smallest absolute Gasteiger partial charge is 0.301 e. The molecule has 2 aromatic carbocycles. The molecule has 1 N–H and O–H groups in total. The van der Waals surface area contributed by atoms with E-state index in [0.29, 0.717) is 13.2 Å². The predicted octanol–water partition coefficient (Wildman–Crippen LogP) is 2.79. The molecule has 1 saturated heterocycles. The third-order valence-electron chi connectivity index (χ3n) is 4.06. The van der Waals surface area contributed by atoms with Crippen LogP contribution in [0.3, 0.4) is 0 Å². The van der Waals surface area contributed by atoms with E-state index in [0.717, 1.165) is 30.4 Å². The number of anilines is 2. The zero-order chi connectivity index (χ0) is 19.2. The first-order chi connectivity index (χ1) is 13.0. The zero-order valence-corrected chi connectivity index (χ0v) is 14.3. The van der Waals surface area contributed by atoms with Crippen LogP contribution in [0.5, 0.6) is 0 Å². The first-order valence-corrected chi connectivity index (χ1v) is 8.19. The van der Waals surface area contributed by atoms with Crippen LogP contribution in [0.1, 0.15) is 5.56 Å². The van der Waals surface area contributed by atoms with Crippen molar-refractivity contribution >= 4 is 29.0 Å². The quantitative estimate of drug-likeness (QED) is 0.470. The van der Waals surface area contributed by atoms with E-state index < -0.39 is 15.5 Å². The second kappa shape index (κ2) is 8.23. The van der Waals surface area contributed by atoms with Crippen molar-refractivity contribution in [3.8, 4) is 0 Å². The van der Waals surface area contributed by atoms with E-state index in [1.807, 2.05) is 24.3 Å². The molecule has 1 fully saturated rings. The van der Waals surface area contributed by atoms with Crippen LogP contribution in [-0.2, 0) is 4.74 Å². The lowest BCUT2D eigenvalue weighted by molar-refractivity contribution is -0.393. The number of nitrogens with zero attached hydrogens (tertiary/aromatic N) is 4. The van der Waals surface area contributed by atoms with Gasteiger partial charge >= 0.3 is 5.69 Å². The van der Waals surface area contributed by atoms with E-state index in [2.05, 4.69) is 15.4 Å². The molecular weight excluding hydrogens is 354 g/mol. The molecule has 1 heterocycles. The number of hydrazone groups is 1. The zero-order valence-electron chi connectivity index (χ0n) is 14.3. The van der Waals surface area contributed by atoms with Crippen molar-refractivity contribution in [3.05, 3.63) is 68.3 Å². The molecule has 27 heavy (non-hydrogen) atoms. The lowest BCUT2D eigenvalue weighted by Gasteiger charge is -2.28. The number of non-ortho nitro benzene ring substituents is 1. The minimum atomic E-state index is -0.692. The fraction of sp³-hybridized carbons (Fsp3) is 0.235. The standard InChI is InChI=1S/C17H17N5O5/c23-21(24)15-5-6-16(17(11-15)22(25)26)19-18-12-13-1-3-14(4-2-13)20-7-9-27-10-8-20/h1-6,11-12,19H,7-10H2/b18-12-. The Morgan fingerprint density at radius 3 is 2.37 bits per heavy atom. The van der Waals surface area contributed by atoms with Gasteiger partial charge in [-0.05, 0) is 23.8 Å². The summed E-state index contributed by atoms with van der Waals surface area (Å²) >= 11 is 0. The Balaban J connectivity index is 1.68. The third kappa shape index (κ3) is 4.55. The van der Waals surface area contributed by atoms with Crippen LogP contribution in [-0.4, -0.2) is 42.4 Å². The maximum absolute atomic E-state index is 11.1. The van der Waals surface area contributed by atoms with Gasteiger partial charge in [0.05, 0.1) is 35.3 Å². The van der Waals surface area contributed by atoms with Gasteiger partial charge in [0.1, 0.15) is 5.69 Å². The number of nitro benzene ring substituents is 2. The van der Waals surface area contributed by atoms with Crippen molar-refractivity contribution in [2.24, 2.45) is 5.10 Å². The molecule has 0 radical (unpaired) electrons. The van der Waals surface area contributed by atoms with Gasteiger partial charge in [0.15, 0.2) is 0 Å². The highest BCUT2D eigenvalue weighted by Crippen LogP contribution is 2.28. The number of benzene rings is 2. The number of hydrogen-bond donors (Lipinski definition) is 1. The van der Waals surface area contributed by atoms with E-state index in [9.17, 15) is 20.2 Å². The summed E-state index contributed by atoms with van der Waals surface area (Å²) < 4.78 is 5.33. The van der Waals surface area contributed by atoms with Gasteiger partial charge in [-0.25, -0.2) is 0 Å². The molecule has 0 bridgehead atoms. The molecular formula is C17H17N5O5. The minimum absolute atomic E-state index is 0.0757. The molecule has 0 unspecified atom stereocenters. The predicted molar refractivity (Wildman–Crippen MR) is 100 cm³/mol. The van der Waals surface area contributed by atoms with Crippen molar-refractivity contribution in [1.29, 1.82) is 0 Å². The average Bonchev–Trinajstić information content (AvgIpc) is 2.69. The Bertz CT molecular complexity index is 863. The highest BCUT2D eigenvalue weighted by atomic mass is 16.6. The molecule has 0 amide bonds. The molecule has 0 aromatic heterocycles. The number of ether oxygens (including phenoxy) is 1. The summed E-state index contributed by atoms with van der Waals surface area (Å²) in [5, 5.41) is 25.8. The topological polar surface area (TPSA) is 123 Å². The van der Waals surface area contributed by atoms with E-state index in [1.54, 1.807) is 0 Å². The highest BCUT2D eigenvalue weighted by Gasteiger charge is 2.19. The van der Waals surface area contributed by atoms with E-state index >= 15 is 0 Å². The highest BCUT2D eigenvalue weighted by molar-refractivity contribution is 5.81. The second-order valence-corrected chi connectivity index (χ2v) is 5.78. The van der Waals surface area contributed by atoms with Crippen molar-refractivity contribution in [3.63, 3.8) is 0 Å². The van der Waals surface area contributed by atoms with Crippen molar-refractivity contribution in [2.75, 3.05) is 36.6 Å². The molecule has 1 aliphatic heterocycles. The van der Waals surface area contributed by atoms with E-state index in [1.165, 1.54) is 18.3 Å². The second-order valence-electron chi connectivity index (χ2n) is 5.78. The monoisotopic (exact) mass is 371 g/mol. The Kier molecular flexibility index (Phi) is 5.57. The lowest BCUT2D eigenvalue weighted by Crippen LogP contribution is -2.36. The van der Waals surface area contributed by atoms with Gasteiger partial charge in [-0.2, -0.15) is 5.10 Å². The third-order valence-corrected chi connectivity index (χ3v) is 4.06. The molecule has 0 atom stereocenters. The molecule has 2 aromatic rings. The van der Waals surface area contributed by atoms with Gasteiger partial charge in [0.25, 0.3) is 5.69 Å². The molecule has 0 spiro atoms. The summed E-state index contributed by atoms with van der Waals surface area (Å²) in [5.74, 6) is 0. The van der Waals surface area contributed by atoms with Crippen LogP contribution in [0.25, 0.3) is 0 Å². The first-order valence-electron chi connectivity index (χ1n) is 8.19. The van der Waals surface area contributed by atoms with Gasteiger partial charge in [-0.3, -0.25) is 25.7 Å². The van der Waals surface area contributed by atoms with Crippen LogP contribution < -0.4 is 10.3 Å². The maximum Gasteiger partial charge on any atom is 0.301 e. The average molecular weight is 371 g/mol. The molecule has 0 saturated carbocycles. The number of nitrogens with one attached hydrogen (secondary N) is 1. The fourth-order valence-corrected chi connectivity index (χ4v) is 2.65.